The number of piperidine rings is 1. The quantitative estimate of drug-likeness (QED) is 0.742. The van der Waals surface area contributed by atoms with Gasteiger partial charge in [-0.25, -0.2) is 0 Å². The van der Waals surface area contributed by atoms with E-state index in [0.717, 1.165) is 38.2 Å². The molecule has 1 aliphatic rings. The number of rotatable bonds is 3. The van der Waals surface area contributed by atoms with E-state index < -0.39 is 0 Å². The second kappa shape index (κ2) is 5.07. The number of carbonyl (C=O) groups excluding carboxylic acids is 1. The Balaban J connectivity index is 1.89. The molecule has 0 saturated carbocycles. The summed E-state index contributed by atoms with van der Waals surface area (Å²) < 4.78 is 4.77. The van der Waals surface area contributed by atoms with Gasteiger partial charge in [-0.15, -0.1) is 0 Å². The summed E-state index contributed by atoms with van der Waals surface area (Å²) in [6.07, 6.45) is 3.65. The smallest absolute Gasteiger partial charge is 0.309 e. The maximum absolute atomic E-state index is 11.4. The highest BCUT2D eigenvalue weighted by atomic mass is 16.5. The summed E-state index contributed by atoms with van der Waals surface area (Å²) in [6.45, 7) is 2.49. The van der Waals surface area contributed by atoms with Crippen LogP contribution in [0.5, 0.6) is 0 Å². The monoisotopic (exact) mass is 224 g/mol. The van der Waals surface area contributed by atoms with Gasteiger partial charge in [-0.2, -0.15) is 15.4 Å². The molecule has 0 radical (unpaired) electrons. The van der Waals surface area contributed by atoms with Crippen LogP contribution in [0.2, 0.25) is 0 Å². The first-order chi connectivity index (χ1) is 7.79. The third-order valence-electron chi connectivity index (χ3n) is 2.89. The standard InChI is InChI=1S/C10H16N4O2/c1-16-10(15)8-3-2-4-14(6-8)7-9-5-11-13-12-9/h5,8H,2-4,6-7H2,1H3,(H,11,12,13). The molecule has 88 valence electrons. The van der Waals surface area contributed by atoms with Crippen molar-refractivity contribution in [2.75, 3.05) is 20.2 Å². The number of nitrogens with zero attached hydrogens (tertiary/aromatic N) is 3. The van der Waals surface area contributed by atoms with Crippen molar-refractivity contribution in [2.24, 2.45) is 5.92 Å². The van der Waals surface area contributed by atoms with Gasteiger partial charge in [0, 0.05) is 13.1 Å². The molecule has 0 aromatic carbocycles. The molecule has 1 atom stereocenters. The fraction of sp³-hybridized carbons (Fsp3) is 0.700. The number of nitrogens with one attached hydrogen (secondary N) is 1. The third kappa shape index (κ3) is 2.57. The minimum Gasteiger partial charge on any atom is -0.469 e. The molecular weight excluding hydrogens is 208 g/mol. The van der Waals surface area contributed by atoms with E-state index in [4.69, 9.17) is 4.74 Å². The number of ether oxygens (including phenoxy) is 1. The van der Waals surface area contributed by atoms with Crippen molar-refractivity contribution in [3.63, 3.8) is 0 Å². The van der Waals surface area contributed by atoms with Gasteiger partial charge in [-0.1, -0.05) is 0 Å². The molecule has 2 rings (SSSR count). The second-order valence-electron chi connectivity index (χ2n) is 4.06. The lowest BCUT2D eigenvalue weighted by Gasteiger charge is -2.30. The largest absolute Gasteiger partial charge is 0.469 e. The van der Waals surface area contributed by atoms with Crippen LogP contribution in [0, 0.1) is 5.92 Å². The Hall–Kier alpha value is -1.43. The molecule has 16 heavy (non-hydrogen) atoms. The molecule has 2 heterocycles. The van der Waals surface area contributed by atoms with Crippen LogP contribution in [0.4, 0.5) is 0 Å². The fourth-order valence-corrected chi connectivity index (χ4v) is 2.09. The second-order valence-corrected chi connectivity index (χ2v) is 4.06. The summed E-state index contributed by atoms with van der Waals surface area (Å²) in [6, 6.07) is 0. The minimum absolute atomic E-state index is 0.00523. The molecule has 1 fully saturated rings. The van der Waals surface area contributed by atoms with Crippen LogP contribution in [0.1, 0.15) is 18.5 Å². The van der Waals surface area contributed by atoms with E-state index in [1.165, 1.54) is 7.11 Å². The SMILES string of the molecule is COC(=O)C1CCCN(Cc2cn[nH]n2)C1. The van der Waals surface area contributed by atoms with Crippen molar-refractivity contribution in [1.29, 1.82) is 0 Å². The van der Waals surface area contributed by atoms with E-state index in [0.29, 0.717) is 0 Å². The Morgan fingerprint density at radius 1 is 1.75 bits per heavy atom. The van der Waals surface area contributed by atoms with Gasteiger partial charge in [0.05, 0.1) is 24.9 Å². The van der Waals surface area contributed by atoms with E-state index in [1.807, 2.05) is 0 Å². The van der Waals surface area contributed by atoms with Crippen LogP contribution in [0.15, 0.2) is 6.20 Å². The number of hydrogen-bond acceptors (Lipinski definition) is 5. The Kier molecular flexibility index (Phi) is 3.51. The molecule has 0 spiro atoms. The summed E-state index contributed by atoms with van der Waals surface area (Å²) in [5.41, 5.74) is 0.908. The number of aromatic nitrogens is 3. The van der Waals surface area contributed by atoms with Crippen molar-refractivity contribution in [3.05, 3.63) is 11.9 Å². The predicted molar refractivity (Wildman–Crippen MR) is 56.4 cm³/mol. The number of hydrogen-bond donors (Lipinski definition) is 1. The van der Waals surface area contributed by atoms with E-state index >= 15 is 0 Å². The van der Waals surface area contributed by atoms with Crippen LogP contribution in [-0.2, 0) is 16.1 Å². The van der Waals surface area contributed by atoms with Crippen molar-refractivity contribution < 1.29 is 9.53 Å². The molecule has 1 saturated heterocycles. The lowest BCUT2D eigenvalue weighted by molar-refractivity contribution is -0.147. The van der Waals surface area contributed by atoms with Gasteiger partial charge in [0.15, 0.2) is 0 Å². The summed E-state index contributed by atoms with van der Waals surface area (Å²) in [5, 5.41) is 10.4. The fourth-order valence-electron chi connectivity index (χ4n) is 2.09. The Bertz CT molecular complexity index is 339. The Labute approximate surface area is 94.0 Å². The molecule has 1 unspecified atom stereocenters. The first kappa shape index (κ1) is 11.1. The van der Waals surface area contributed by atoms with Crippen LogP contribution >= 0.6 is 0 Å². The zero-order valence-electron chi connectivity index (χ0n) is 9.35. The van der Waals surface area contributed by atoms with Crippen LogP contribution in [0.25, 0.3) is 0 Å². The number of esters is 1. The van der Waals surface area contributed by atoms with Gasteiger partial charge < -0.3 is 4.74 Å². The van der Waals surface area contributed by atoms with E-state index in [9.17, 15) is 4.79 Å². The van der Waals surface area contributed by atoms with Crippen LogP contribution in [-0.4, -0.2) is 46.5 Å². The van der Waals surface area contributed by atoms with Crippen molar-refractivity contribution >= 4 is 5.97 Å². The normalized spacial score (nSPS) is 21.9. The molecule has 1 aliphatic heterocycles. The number of aromatic amines is 1. The van der Waals surface area contributed by atoms with Gasteiger partial charge in [0.25, 0.3) is 0 Å². The highest BCUT2D eigenvalue weighted by molar-refractivity contribution is 5.72. The third-order valence-corrected chi connectivity index (χ3v) is 2.89. The minimum atomic E-state index is -0.107. The van der Waals surface area contributed by atoms with Gasteiger partial charge in [-0.05, 0) is 19.4 Å². The average molecular weight is 224 g/mol. The highest BCUT2D eigenvalue weighted by Crippen LogP contribution is 2.18. The Morgan fingerprint density at radius 2 is 2.62 bits per heavy atom. The summed E-state index contributed by atoms with van der Waals surface area (Å²) in [7, 11) is 1.44. The van der Waals surface area contributed by atoms with Crippen molar-refractivity contribution in [1.82, 2.24) is 20.3 Å². The maximum Gasteiger partial charge on any atom is 0.309 e. The molecule has 6 nitrogen and oxygen atoms in total. The summed E-state index contributed by atoms with van der Waals surface area (Å²) >= 11 is 0. The molecular formula is C10H16N4O2. The van der Waals surface area contributed by atoms with Crippen LogP contribution in [0.3, 0.4) is 0 Å². The molecule has 1 N–H and O–H groups in total. The summed E-state index contributed by atoms with van der Waals surface area (Å²) in [5.74, 6) is -0.101. The van der Waals surface area contributed by atoms with E-state index in [-0.39, 0.29) is 11.9 Å². The molecule has 1 aromatic heterocycles. The Morgan fingerprint density at radius 3 is 3.31 bits per heavy atom. The zero-order valence-corrected chi connectivity index (χ0v) is 9.35. The number of carbonyl (C=O) groups is 1. The first-order valence-electron chi connectivity index (χ1n) is 5.44. The van der Waals surface area contributed by atoms with Gasteiger partial charge in [-0.3, -0.25) is 9.69 Å². The molecule has 0 bridgehead atoms. The molecule has 6 heteroatoms. The van der Waals surface area contributed by atoms with Gasteiger partial charge in [0.1, 0.15) is 0 Å². The topological polar surface area (TPSA) is 71.1 Å². The lowest BCUT2D eigenvalue weighted by Crippen LogP contribution is -2.38. The molecule has 0 amide bonds. The first-order valence-corrected chi connectivity index (χ1v) is 5.44. The predicted octanol–water partition coefficient (Wildman–Crippen LogP) is 0.190. The molecule has 0 aliphatic carbocycles. The number of H-pyrrole nitrogens is 1. The zero-order chi connectivity index (χ0) is 11.4. The number of methoxy groups -OCH3 is 1. The van der Waals surface area contributed by atoms with Crippen molar-refractivity contribution in [2.45, 2.75) is 19.4 Å². The van der Waals surface area contributed by atoms with Gasteiger partial charge >= 0.3 is 5.97 Å². The van der Waals surface area contributed by atoms with E-state index in [2.05, 4.69) is 20.3 Å². The maximum atomic E-state index is 11.4. The lowest BCUT2D eigenvalue weighted by atomic mass is 9.98. The van der Waals surface area contributed by atoms with Crippen molar-refractivity contribution in [3.8, 4) is 0 Å². The van der Waals surface area contributed by atoms with Gasteiger partial charge in [0.2, 0.25) is 0 Å². The van der Waals surface area contributed by atoms with E-state index in [1.54, 1.807) is 6.20 Å². The number of likely N-dealkylation sites (tertiary alicyclic amines) is 1. The summed E-state index contributed by atoms with van der Waals surface area (Å²) in [4.78, 5) is 13.6. The molecule has 1 aromatic rings. The average Bonchev–Trinajstić information content (AvgIpc) is 2.81. The van der Waals surface area contributed by atoms with Crippen LogP contribution < -0.4 is 0 Å². The highest BCUT2D eigenvalue weighted by Gasteiger charge is 2.26.